The zero-order valence-corrected chi connectivity index (χ0v) is 17.6. The third-order valence-electron chi connectivity index (χ3n) is 4.66. The van der Waals surface area contributed by atoms with Crippen LogP contribution in [0.3, 0.4) is 0 Å². The largest absolute Gasteiger partial charge is 0.462 e. The fourth-order valence-electron chi connectivity index (χ4n) is 3.07. The normalized spacial score (nSPS) is 11.1. The molecule has 0 aliphatic heterocycles. The Balaban J connectivity index is 1.54. The molecule has 0 unspecified atom stereocenters. The van der Waals surface area contributed by atoms with Crippen LogP contribution in [-0.2, 0) is 20.9 Å². The molecule has 0 atom stereocenters. The first-order valence-electron chi connectivity index (χ1n) is 10.1. The maximum Gasteiger partial charge on any atom is 0.348 e. The molecule has 32 heavy (non-hydrogen) atoms. The first kappa shape index (κ1) is 22.4. The van der Waals surface area contributed by atoms with E-state index < -0.39 is 5.97 Å². The third kappa shape index (κ3) is 5.67. The number of nitriles is 1. The summed E-state index contributed by atoms with van der Waals surface area (Å²) < 4.78 is 6.34. The van der Waals surface area contributed by atoms with Gasteiger partial charge >= 0.3 is 5.97 Å². The number of hydrogen-bond donors (Lipinski definition) is 1. The molecule has 162 valence electrons. The van der Waals surface area contributed by atoms with Gasteiger partial charge in [0.2, 0.25) is 5.91 Å². The van der Waals surface area contributed by atoms with Crippen LogP contribution in [0, 0.1) is 11.3 Å². The lowest BCUT2D eigenvalue weighted by molar-refractivity contribution is -0.137. The highest BCUT2D eigenvalue weighted by atomic mass is 16.5. The molecule has 3 aromatic rings. The summed E-state index contributed by atoms with van der Waals surface area (Å²) in [5, 5.41) is 12.4. The number of aromatic nitrogens is 2. The number of carbonyl (C=O) groups is 2. The van der Waals surface area contributed by atoms with Crippen molar-refractivity contribution in [3.05, 3.63) is 76.3 Å². The monoisotopic (exact) mass is 430 g/mol. The lowest BCUT2D eigenvalue weighted by atomic mass is 10.1. The maximum atomic E-state index is 12.5. The minimum absolute atomic E-state index is 0.0953. The topological polar surface area (TPSA) is 114 Å². The number of nitrogens with zero attached hydrogens (tertiary/aromatic N) is 3. The predicted octanol–water partition coefficient (Wildman–Crippen LogP) is 3.29. The van der Waals surface area contributed by atoms with E-state index in [1.165, 1.54) is 17.0 Å². The fourth-order valence-corrected chi connectivity index (χ4v) is 3.07. The van der Waals surface area contributed by atoms with E-state index in [1.54, 1.807) is 49.4 Å². The van der Waals surface area contributed by atoms with E-state index in [-0.39, 0.29) is 30.1 Å². The van der Waals surface area contributed by atoms with E-state index in [2.05, 4.69) is 10.3 Å². The molecule has 3 rings (SSSR count). The molecule has 1 N–H and O–H groups in total. The van der Waals surface area contributed by atoms with Crippen molar-refractivity contribution in [2.45, 2.75) is 26.3 Å². The van der Waals surface area contributed by atoms with Crippen LogP contribution in [0.15, 0.2) is 65.2 Å². The van der Waals surface area contributed by atoms with Gasteiger partial charge in [-0.1, -0.05) is 24.3 Å². The third-order valence-corrected chi connectivity index (χ3v) is 4.66. The number of nitrogens with one attached hydrogen (secondary N) is 1. The van der Waals surface area contributed by atoms with Crippen LogP contribution in [0.2, 0.25) is 0 Å². The van der Waals surface area contributed by atoms with Gasteiger partial charge in [-0.3, -0.25) is 14.2 Å². The number of anilines is 1. The van der Waals surface area contributed by atoms with Gasteiger partial charge in [-0.15, -0.1) is 0 Å². The summed E-state index contributed by atoms with van der Waals surface area (Å²) in [5.74, 6) is -0.854. The SMILES string of the molecule is CCOC(=O)/C(C#N)=C/c1ccc(NC(=O)CCCn2cnc3ccccc3c2=O)cc1. The first-order valence-corrected chi connectivity index (χ1v) is 10.1. The quantitative estimate of drug-likeness (QED) is 0.333. The van der Waals surface area contributed by atoms with Gasteiger partial charge in [0.1, 0.15) is 11.6 Å². The maximum absolute atomic E-state index is 12.5. The van der Waals surface area contributed by atoms with Gasteiger partial charge in [0.05, 0.1) is 23.8 Å². The number of ether oxygens (including phenoxy) is 1. The smallest absolute Gasteiger partial charge is 0.348 e. The van der Waals surface area contributed by atoms with Crippen molar-refractivity contribution in [2.24, 2.45) is 0 Å². The van der Waals surface area contributed by atoms with E-state index in [9.17, 15) is 14.4 Å². The number of fused-ring (bicyclic) bond motifs is 1. The van der Waals surface area contributed by atoms with Gasteiger partial charge in [-0.2, -0.15) is 5.26 Å². The molecule has 0 saturated carbocycles. The van der Waals surface area contributed by atoms with E-state index in [0.717, 1.165) is 0 Å². The molecule has 1 heterocycles. The highest BCUT2D eigenvalue weighted by Gasteiger charge is 2.10. The Bertz CT molecular complexity index is 1250. The number of amides is 1. The van der Waals surface area contributed by atoms with Crippen molar-refractivity contribution in [1.29, 1.82) is 5.26 Å². The van der Waals surface area contributed by atoms with Gasteiger partial charge < -0.3 is 10.1 Å². The highest BCUT2D eigenvalue weighted by molar-refractivity contribution is 5.98. The Kier molecular flexibility index (Phi) is 7.49. The Morgan fingerprint density at radius 2 is 1.94 bits per heavy atom. The van der Waals surface area contributed by atoms with Gasteiger partial charge in [0.15, 0.2) is 0 Å². The van der Waals surface area contributed by atoms with Crippen LogP contribution >= 0.6 is 0 Å². The number of para-hydroxylation sites is 1. The molecule has 8 nitrogen and oxygen atoms in total. The molecule has 1 amide bonds. The standard InChI is InChI=1S/C24H22N4O4/c1-2-32-24(31)18(15-25)14-17-9-11-19(12-10-17)27-22(29)8-5-13-28-16-26-21-7-4-3-6-20(21)23(28)30/h3-4,6-7,9-12,14,16H,2,5,8,13H2,1H3,(H,27,29)/b18-14+. The lowest BCUT2D eigenvalue weighted by Crippen LogP contribution is -2.21. The second kappa shape index (κ2) is 10.7. The number of carbonyl (C=O) groups excluding carboxylic acids is 2. The van der Waals surface area contributed by atoms with Crippen LogP contribution in [-0.4, -0.2) is 28.0 Å². The fraction of sp³-hybridized carbons (Fsp3) is 0.208. The zero-order chi connectivity index (χ0) is 22.9. The summed E-state index contributed by atoms with van der Waals surface area (Å²) in [6.45, 7) is 2.24. The van der Waals surface area contributed by atoms with Gasteiger partial charge in [-0.25, -0.2) is 9.78 Å². The Labute approximate surface area is 184 Å². The minimum atomic E-state index is -0.673. The Hall–Kier alpha value is -4.25. The summed E-state index contributed by atoms with van der Waals surface area (Å²) in [7, 11) is 0. The number of hydrogen-bond acceptors (Lipinski definition) is 6. The second-order valence-corrected chi connectivity index (χ2v) is 6.92. The number of esters is 1. The molecule has 0 aliphatic rings. The number of rotatable bonds is 8. The first-order chi connectivity index (χ1) is 15.5. The number of benzene rings is 2. The Morgan fingerprint density at radius 1 is 1.19 bits per heavy atom. The van der Waals surface area contributed by atoms with E-state index in [1.807, 2.05) is 12.1 Å². The average molecular weight is 430 g/mol. The summed E-state index contributed by atoms with van der Waals surface area (Å²) >= 11 is 0. The summed E-state index contributed by atoms with van der Waals surface area (Å²) in [5.41, 5.74) is 1.65. The lowest BCUT2D eigenvalue weighted by Gasteiger charge is -2.08. The molecule has 0 aliphatic carbocycles. The van der Waals surface area contributed by atoms with E-state index in [4.69, 9.17) is 10.00 Å². The second-order valence-electron chi connectivity index (χ2n) is 6.92. The molecule has 1 aromatic heterocycles. The molecule has 0 fully saturated rings. The van der Waals surface area contributed by atoms with Crippen molar-refractivity contribution in [1.82, 2.24) is 9.55 Å². The minimum Gasteiger partial charge on any atom is -0.462 e. The van der Waals surface area contributed by atoms with Crippen molar-refractivity contribution in [3.8, 4) is 6.07 Å². The van der Waals surface area contributed by atoms with Crippen molar-refractivity contribution >= 4 is 34.5 Å². The van der Waals surface area contributed by atoms with Crippen LogP contribution in [0.4, 0.5) is 5.69 Å². The highest BCUT2D eigenvalue weighted by Crippen LogP contribution is 2.14. The molecule has 0 spiro atoms. The van der Waals surface area contributed by atoms with Crippen molar-refractivity contribution in [2.75, 3.05) is 11.9 Å². The molecular weight excluding hydrogens is 408 g/mol. The average Bonchev–Trinajstić information content (AvgIpc) is 2.80. The van der Waals surface area contributed by atoms with E-state index in [0.29, 0.717) is 35.1 Å². The van der Waals surface area contributed by atoms with Crippen LogP contribution in [0.1, 0.15) is 25.3 Å². The van der Waals surface area contributed by atoms with Gasteiger partial charge in [-0.05, 0) is 49.2 Å². The van der Waals surface area contributed by atoms with Crippen LogP contribution in [0.25, 0.3) is 17.0 Å². The molecule has 2 aromatic carbocycles. The number of aryl methyl sites for hydroxylation is 1. The zero-order valence-electron chi connectivity index (χ0n) is 17.6. The molecule has 0 radical (unpaired) electrons. The van der Waals surface area contributed by atoms with E-state index >= 15 is 0 Å². The molecule has 0 saturated heterocycles. The van der Waals surface area contributed by atoms with Crippen molar-refractivity contribution in [3.63, 3.8) is 0 Å². The molecular formula is C24H22N4O4. The van der Waals surface area contributed by atoms with Crippen LogP contribution < -0.4 is 10.9 Å². The van der Waals surface area contributed by atoms with Crippen LogP contribution in [0.5, 0.6) is 0 Å². The predicted molar refractivity (Wildman–Crippen MR) is 121 cm³/mol. The van der Waals surface area contributed by atoms with Gasteiger partial charge in [0.25, 0.3) is 5.56 Å². The van der Waals surface area contributed by atoms with Gasteiger partial charge in [0, 0.05) is 18.7 Å². The summed E-state index contributed by atoms with van der Waals surface area (Å²) in [4.78, 5) is 40.7. The van der Waals surface area contributed by atoms with Crippen molar-refractivity contribution < 1.29 is 14.3 Å². The summed E-state index contributed by atoms with van der Waals surface area (Å²) in [6.07, 6.45) is 3.65. The summed E-state index contributed by atoms with van der Waals surface area (Å²) in [6, 6.07) is 15.7. The molecule has 0 bridgehead atoms. The molecule has 8 heteroatoms. The Morgan fingerprint density at radius 3 is 2.66 bits per heavy atom.